The van der Waals surface area contributed by atoms with Crippen molar-refractivity contribution >= 4 is 9.84 Å². The van der Waals surface area contributed by atoms with Crippen molar-refractivity contribution in [1.82, 2.24) is 0 Å². The van der Waals surface area contributed by atoms with Crippen molar-refractivity contribution in [2.45, 2.75) is 23.6 Å². The number of methoxy groups -OCH3 is 2. The molecule has 0 unspecified atom stereocenters. The number of hydrogen-bond acceptors (Lipinski definition) is 4. The molecular weight excluding hydrogens is 288 g/mol. The summed E-state index contributed by atoms with van der Waals surface area (Å²) in [5.41, 5.74) is 1.54. The molecule has 0 spiro atoms. The molecule has 2 aromatic carbocycles. The van der Waals surface area contributed by atoms with E-state index in [1.54, 1.807) is 24.3 Å². The Bertz CT molecular complexity index is 704. The number of aryl methyl sites for hydroxylation is 2. The van der Waals surface area contributed by atoms with Gasteiger partial charge in [-0.2, -0.15) is 0 Å². The molecule has 0 amide bonds. The van der Waals surface area contributed by atoms with Crippen LogP contribution in [0.1, 0.15) is 11.1 Å². The zero-order valence-electron chi connectivity index (χ0n) is 12.5. The highest BCUT2D eigenvalue weighted by Gasteiger charge is 2.27. The van der Waals surface area contributed by atoms with Gasteiger partial charge < -0.3 is 9.47 Å². The van der Waals surface area contributed by atoms with Gasteiger partial charge in [0.05, 0.1) is 14.2 Å². The number of rotatable bonds is 4. The maximum atomic E-state index is 12.9. The Hall–Kier alpha value is -2.01. The number of ether oxygens (including phenoxy) is 2. The van der Waals surface area contributed by atoms with E-state index in [9.17, 15) is 8.42 Å². The van der Waals surface area contributed by atoms with Crippen molar-refractivity contribution in [2.75, 3.05) is 14.2 Å². The van der Waals surface area contributed by atoms with Crippen LogP contribution in [0.5, 0.6) is 11.5 Å². The van der Waals surface area contributed by atoms with Gasteiger partial charge in [0.25, 0.3) is 0 Å². The molecule has 2 rings (SSSR count). The molecular formula is C16H18O4S. The van der Waals surface area contributed by atoms with Crippen molar-refractivity contribution < 1.29 is 17.9 Å². The van der Waals surface area contributed by atoms with Crippen molar-refractivity contribution in [2.24, 2.45) is 0 Å². The quantitative estimate of drug-likeness (QED) is 0.870. The molecule has 0 atom stereocenters. The Morgan fingerprint density at radius 1 is 0.762 bits per heavy atom. The maximum Gasteiger partial charge on any atom is 0.213 e. The maximum absolute atomic E-state index is 12.9. The molecule has 0 fully saturated rings. The van der Waals surface area contributed by atoms with E-state index in [1.165, 1.54) is 14.2 Å². The fraction of sp³-hybridized carbons (Fsp3) is 0.250. The molecule has 0 aliphatic rings. The van der Waals surface area contributed by atoms with E-state index >= 15 is 0 Å². The van der Waals surface area contributed by atoms with Crippen LogP contribution < -0.4 is 9.47 Å². The van der Waals surface area contributed by atoms with Crippen LogP contribution in [0.15, 0.2) is 46.2 Å². The van der Waals surface area contributed by atoms with Crippen molar-refractivity contribution in [3.05, 3.63) is 47.5 Å². The van der Waals surface area contributed by atoms with Crippen LogP contribution in [-0.2, 0) is 9.84 Å². The topological polar surface area (TPSA) is 52.6 Å². The Morgan fingerprint density at radius 3 is 1.48 bits per heavy atom. The third-order valence-corrected chi connectivity index (χ3v) is 5.14. The third-order valence-electron chi connectivity index (χ3n) is 3.34. The summed E-state index contributed by atoms with van der Waals surface area (Å²) in [4.78, 5) is 0.294. The highest BCUT2D eigenvalue weighted by molar-refractivity contribution is 7.91. The molecule has 0 radical (unpaired) electrons. The summed E-state index contributed by atoms with van der Waals surface area (Å²) in [6.45, 7) is 3.62. The second kappa shape index (κ2) is 5.77. The Morgan fingerprint density at radius 2 is 1.14 bits per heavy atom. The minimum atomic E-state index is -3.72. The van der Waals surface area contributed by atoms with Crippen molar-refractivity contribution in [1.29, 1.82) is 0 Å². The lowest BCUT2D eigenvalue weighted by Crippen LogP contribution is -2.07. The molecule has 0 N–H and O–H groups in total. The van der Waals surface area contributed by atoms with Crippen molar-refractivity contribution in [3.8, 4) is 11.5 Å². The molecule has 112 valence electrons. The number of benzene rings is 2. The summed E-state index contributed by atoms with van der Waals surface area (Å²) in [5.74, 6) is 0.724. The van der Waals surface area contributed by atoms with Crippen LogP contribution in [0.3, 0.4) is 0 Å². The van der Waals surface area contributed by atoms with Gasteiger partial charge in [-0.25, -0.2) is 8.42 Å². The monoisotopic (exact) mass is 306 g/mol. The largest absolute Gasteiger partial charge is 0.495 e. The SMILES string of the molecule is COc1c(C)cccc1S(=O)(=O)c1cccc(C)c1OC. The van der Waals surface area contributed by atoms with E-state index in [4.69, 9.17) is 9.47 Å². The lowest BCUT2D eigenvalue weighted by atomic mass is 10.2. The first-order chi connectivity index (χ1) is 9.93. The van der Waals surface area contributed by atoms with E-state index in [0.29, 0.717) is 11.5 Å². The molecule has 5 heteroatoms. The predicted octanol–water partition coefficient (Wildman–Crippen LogP) is 3.15. The van der Waals surface area contributed by atoms with Gasteiger partial charge in [0.2, 0.25) is 9.84 Å². The third kappa shape index (κ3) is 2.61. The van der Waals surface area contributed by atoms with Gasteiger partial charge in [0, 0.05) is 0 Å². The van der Waals surface area contributed by atoms with Gasteiger partial charge in [-0.1, -0.05) is 24.3 Å². The van der Waals surface area contributed by atoms with Gasteiger partial charge in [-0.05, 0) is 37.1 Å². The average molecular weight is 306 g/mol. The minimum Gasteiger partial charge on any atom is -0.495 e. The normalized spacial score (nSPS) is 11.2. The van der Waals surface area contributed by atoms with E-state index in [0.717, 1.165) is 11.1 Å². The highest BCUT2D eigenvalue weighted by Crippen LogP contribution is 2.36. The fourth-order valence-corrected chi connectivity index (χ4v) is 4.05. The zero-order chi connectivity index (χ0) is 15.6. The van der Waals surface area contributed by atoms with Crippen molar-refractivity contribution in [3.63, 3.8) is 0 Å². The van der Waals surface area contributed by atoms with Gasteiger partial charge in [-0.3, -0.25) is 0 Å². The standard InChI is InChI=1S/C16H18O4S/c1-11-7-5-9-13(15(11)19-3)21(17,18)14-10-6-8-12(2)16(14)20-4/h5-10H,1-4H3. The van der Waals surface area contributed by atoms with Crippen LogP contribution in [0.2, 0.25) is 0 Å². The van der Waals surface area contributed by atoms with E-state index in [-0.39, 0.29) is 9.79 Å². The van der Waals surface area contributed by atoms with Gasteiger partial charge in [0.15, 0.2) is 0 Å². The first-order valence-corrected chi connectivity index (χ1v) is 7.94. The second-order valence-corrected chi connectivity index (χ2v) is 6.60. The highest BCUT2D eigenvalue weighted by atomic mass is 32.2. The van der Waals surface area contributed by atoms with Crippen LogP contribution in [0.4, 0.5) is 0 Å². The number of hydrogen-bond donors (Lipinski definition) is 0. The summed E-state index contributed by atoms with van der Waals surface area (Å²) in [7, 11) is -0.785. The summed E-state index contributed by atoms with van der Waals surface area (Å²) in [5, 5.41) is 0. The van der Waals surface area contributed by atoms with E-state index in [2.05, 4.69) is 0 Å². The summed E-state index contributed by atoms with van der Waals surface area (Å²) in [6, 6.07) is 10.1. The molecule has 21 heavy (non-hydrogen) atoms. The second-order valence-electron chi connectivity index (χ2n) is 4.72. The summed E-state index contributed by atoms with van der Waals surface area (Å²) in [6.07, 6.45) is 0. The lowest BCUT2D eigenvalue weighted by Gasteiger charge is -2.15. The molecule has 2 aromatic rings. The molecule has 0 bridgehead atoms. The van der Waals surface area contributed by atoms with Crippen LogP contribution in [0, 0.1) is 13.8 Å². The number of sulfone groups is 1. The van der Waals surface area contributed by atoms with E-state index < -0.39 is 9.84 Å². The Kier molecular flexibility index (Phi) is 4.23. The molecule has 0 aliphatic heterocycles. The van der Waals surface area contributed by atoms with E-state index in [1.807, 2.05) is 26.0 Å². The molecule has 0 saturated heterocycles. The van der Waals surface area contributed by atoms with Crippen LogP contribution in [-0.4, -0.2) is 22.6 Å². The molecule has 0 heterocycles. The molecule has 0 aliphatic carbocycles. The summed E-state index contributed by atoms with van der Waals surface area (Å²) < 4.78 is 36.4. The summed E-state index contributed by atoms with van der Waals surface area (Å²) >= 11 is 0. The Balaban J connectivity index is 2.75. The fourth-order valence-electron chi connectivity index (χ4n) is 2.32. The van der Waals surface area contributed by atoms with Gasteiger partial charge >= 0.3 is 0 Å². The minimum absolute atomic E-state index is 0.147. The first kappa shape index (κ1) is 15.4. The van der Waals surface area contributed by atoms with Gasteiger partial charge in [0.1, 0.15) is 21.3 Å². The molecule has 4 nitrogen and oxygen atoms in total. The number of para-hydroxylation sites is 2. The Labute approximate surface area is 125 Å². The smallest absolute Gasteiger partial charge is 0.213 e. The predicted molar refractivity (Wildman–Crippen MR) is 80.9 cm³/mol. The average Bonchev–Trinajstić information content (AvgIpc) is 2.46. The zero-order valence-corrected chi connectivity index (χ0v) is 13.3. The van der Waals surface area contributed by atoms with Gasteiger partial charge in [-0.15, -0.1) is 0 Å². The van der Waals surface area contributed by atoms with Crippen LogP contribution in [0.25, 0.3) is 0 Å². The molecule has 0 aromatic heterocycles. The molecule has 0 saturated carbocycles. The first-order valence-electron chi connectivity index (χ1n) is 6.45. The van der Waals surface area contributed by atoms with Crippen LogP contribution >= 0.6 is 0 Å². The lowest BCUT2D eigenvalue weighted by molar-refractivity contribution is 0.395.